The van der Waals surface area contributed by atoms with Crippen molar-refractivity contribution in [2.45, 2.75) is 6.92 Å². The van der Waals surface area contributed by atoms with Crippen molar-refractivity contribution >= 4 is 11.7 Å². The highest BCUT2D eigenvalue weighted by atomic mass is 16.2. The van der Waals surface area contributed by atoms with Crippen LogP contribution in [0.2, 0.25) is 0 Å². The molecule has 0 saturated heterocycles. The van der Waals surface area contributed by atoms with Crippen LogP contribution in [-0.4, -0.2) is 55.8 Å². The molecule has 104 valence electrons. The second-order valence-electron chi connectivity index (χ2n) is 4.59. The topological polar surface area (TPSA) is 52.6 Å². The van der Waals surface area contributed by atoms with E-state index >= 15 is 0 Å². The van der Waals surface area contributed by atoms with E-state index in [1.54, 1.807) is 31.3 Å². The maximum Gasteiger partial charge on any atom is 0.268 e. The Morgan fingerprint density at radius 3 is 2.16 bits per heavy atom. The zero-order valence-corrected chi connectivity index (χ0v) is 11.9. The number of nitrogens with one attached hydrogen (secondary N) is 1. The zero-order valence-electron chi connectivity index (χ0n) is 11.9. The summed E-state index contributed by atoms with van der Waals surface area (Å²) in [5.41, 5.74) is 3.76. The highest BCUT2D eigenvalue weighted by Crippen LogP contribution is 2.11. The van der Waals surface area contributed by atoms with E-state index < -0.39 is 0 Å². The largest absolute Gasteiger partial charge is 0.308 e. The van der Waals surface area contributed by atoms with Gasteiger partial charge >= 0.3 is 0 Å². The first-order valence-electron chi connectivity index (χ1n) is 6.21. The van der Waals surface area contributed by atoms with Crippen molar-refractivity contribution in [3.05, 3.63) is 35.4 Å². The first-order valence-corrected chi connectivity index (χ1v) is 6.21. The van der Waals surface area contributed by atoms with Crippen molar-refractivity contribution in [2.75, 3.05) is 34.2 Å². The number of hydrogen-bond donors (Lipinski definition) is 1. The number of benzene rings is 1. The lowest BCUT2D eigenvalue weighted by Gasteiger charge is -2.23. The number of amides is 1. The van der Waals surface area contributed by atoms with Crippen LogP contribution < -0.4 is 5.43 Å². The summed E-state index contributed by atoms with van der Waals surface area (Å²) in [7, 11) is 5.59. The van der Waals surface area contributed by atoms with Gasteiger partial charge in [-0.15, -0.1) is 0 Å². The Morgan fingerprint density at radius 2 is 1.68 bits per heavy atom. The lowest BCUT2D eigenvalue weighted by Crippen LogP contribution is -2.44. The SMILES string of the molecule is CNN(CCN(C)C)C(=O)c1ccccc1C(C)=O. The van der Waals surface area contributed by atoms with Gasteiger partial charge in [0.2, 0.25) is 0 Å². The molecule has 1 amide bonds. The van der Waals surface area contributed by atoms with E-state index in [-0.39, 0.29) is 11.7 Å². The van der Waals surface area contributed by atoms with E-state index in [0.717, 1.165) is 6.54 Å². The minimum Gasteiger partial charge on any atom is -0.308 e. The van der Waals surface area contributed by atoms with Gasteiger partial charge < -0.3 is 4.90 Å². The van der Waals surface area contributed by atoms with Crippen LogP contribution in [0, 0.1) is 0 Å². The van der Waals surface area contributed by atoms with E-state index in [0.29, 0.717) is 17.7 Å². The van der Waals surface area contributed by atoms with Gasteiger partial charge in [-0.2, -0.15) is 0 Å². The Balaban J connectivity index is 2.94. The molecule has 0 aliphatic heterocycles. The van der Waals surface area contributed by atoms with Gasteiger partial charge in [0.25, 0.3) is 5.91 Å². The predicted molar refractivity (Wildman–Crippen MR) is 75.1 cm³/mol. The molecule has 0 aliphatic rings. The van der Waals surface area contributed by atoms with E-state index in [1.165, 1.54) is 11.9 Å². The second-order valence-corrected chi connectivity index (χ2v) is 4.59. The number of likely N-dealkylation sites (N-methyl/N-ethyl adjacent to an activating group) is 1. The van der Waals surface area contributed by atoms with Crippen LogP contribution in [0.1, 0.15) is 27.6 Å². The van der Waals surface area contributed by atoms with Crippen molar-refractivity contribution in [1.82, 2.24) is 15.3 Å². The molecule has 5 heteroatoms. The molecule has 0 saturated carbocycles. The van der Waals surface area contributed by atoms with Gasteiger partial charge in [-0.25, -0.2) is 5.43 Å². The minimum atomic E-state index is -0.185. The first-order chi connectivity index (χ1) is 8.97. The summed E-state index contributed by atoms with van der Waals surface area (Å²) < 4.78 is 0. The summed E-state index contributed by atoms with van der Waals surface area (Å²) in [5, 5.41) is 1.52. The van der Waals surface area contributed by atoms with Crippen molar-refractivity contribution in [3.8, 4) is 0 Å². The minimum absolute atomic E-state index is 0.104. The molecule has 19 heavy (non-hydrogen) atoms. The van der Waals surface area contributed by atoms with E-state index in [9.17, 15) is 9.59 Å². The summed E-state index contributed by atoms with van der Waals surface area (Å²) in [6.45, 7) is 2.76. The van der Waals surface area contributed by atoms with Crippen molar-refractivity contribution in [3.63, 3.8) is 0 Å². The second kappa shape index (κ2) is 7.01. The zero-order chi connectivity index (χ0) is 14.4. The number of rotatable bonds is 6. The molecule has 1 rings (SSSR count). The maximum atomic E-state index is 12.4. The van der Waals surface area contributed by atoms with Crippen molar-refractivity contribution in [2.24, 2.45) is 0 Å². The molecule has 0 fully saturated rings. The van der Waals surface area contributed by atoms with Crippen LogP contribution in [-0.2, 0) is 0 Å². The molecule has 0 atom stereocenters. The molecule has 1 N–H and O–H groups in total. The molecule has 1 aromatic rings. The normalized spacial score (nSPS) is 10.6. The van der Waals surface area contributed by atoms with Crippen LogP contribution in [0.25, 0.3) is 0 Å². The molecule has 0 aromatic heterocycles. The lowest BCUT2D eigenvalue weighted by molar-refractivity contribution is 0.0663. The third kappa shape index (κ3) is 4.15. The number of hydrogen-bond acceptors (Lipinski definition) is 4. The summed E-state index contributed by atoms with van der Waals surface area (Å²) in [4.78, 5) is 25.9. The number of nitrogens with zero attached hydrogens (tertiary/aromatic N) is 2. The van der Waals surface area contributed by atoms with E-state index in [4.69, 9.17) is 0 Å². The third-order valence-corrected chi connectivity index (χ3v) is 2.82. The Morgan fingerprint density at radius 1 is 1.11 bits per heavy atom. The number of Topliss-reactive ketones (excluding diaryl/α,β-unsaturated/α-hetero) is 1. The highest BCUT2D eigenvalue weighted by molar-refractivity contribution is 6.07. The summed E-state index contributed by atoms with van der Waals surface area (Å²) in [6, 6.07) is 6.88. The molecule has 0 unspecified atom stereocenters. The Kier molecular flexibility index (Phi) is 5.66. The molecule has 0 bridgehead atoms. The Bertz CT molecular complexity index is 458. The molecule has 5 nitrogen and oxygen atoms in total. The fraction of sp³-hybridized carbons (Fsp3) is 0.429. The number of ketones is 1. The van der Waals surface area contributed by atoms with Gasteiger partial charge in [-0.3, -0.25) is 14.6 Å². The van der Waals surface area contributed by atoms with Crippen molar-refractivity contribution in [1.29, 1.82) is 0 Å². The fourth-order valence-electron chi connectivity index (χ4n) is 1.74. The van der Waals surface area contributed by atoms with E-state index in [1.807, 2.05) is 19.0 Å². The standard InChI is InChI=1S/C14H21N3O2/c1-11(18)12-7-5-6-8-13(12)14(19)17(15-2)10-9-16(3)4/h5-8,15H,9-10H2,1-4H3. The van der Waals surface area contributed by atoms with Gasteiger partial charge in [-0.05, 0) is 27.1 Å². The van der Waals surface area contributed by atoms with Crippen LogP contribution in [0.5, 0.6) is 0 Å². The number of hydrazine groups is 1. The number of carbonyl (C=O) groups excluding carboxylic acids is 2. The summed E-state index contributed by atoms with van der Waals surface area (Å²) in [5.74, 6) is -0.289. The summed E-state index contributed by atoms with van der Waals surface area (Å²) in [6.07, 6.45) is 0. The van der Waals surface area contributed by atoms with Crippen LogP contribution in [0.3, 0.4) is 0 Å². The van der Waals surface area contributed by atoms with Crippen LogP contribution >= 0.6 is 0 Å². The Labute approximate surface area is 114 Å². The Hall–Kier alpha value is -1.72. The fourth-order valence-corrected chi connectivity index (χ4v) is 1.74. The summed E-state index contributed by atoms with van der Waals surface area (Å²) >= 11 is 0. The average Bonchev–Trinajstić information content (AvgIpc) is 2.38. The monoisotopic (exact) mass is 263 g/mol. The van der Waals surface area contributed by atoms with Gasteiger partial charge in [0.15, 0.2) is 5.78 Å². The molecular formula is C14H21N3O2. The van der Waals surface area contributed by atoms with Gasteiger partial charge in [0.05, 0.1) is 12.1 Å². The quantitative estimate of drug-likeness (QED) is 0.615. The van der Waals surface area contributed by atoms with Gasteiger partial charge in [-0.1, -0.05) is 18.2 Å². The molecule has 0 heterocycles. The lowest BCUT2D eigenvalue weighted by atomic mass is 10.0. The third-order valence-electron chi connectivity index (χ3n) is 2.82. The average molecular weight is 263 g/mol. The van der Waals surface area contributed by atoms with Crippen LogP contribution in [0.15, 0.2) is 24.3 Å². The van der Waals surface area contributed by atoms with Gasteiger partial charge in [0, 0.05) is 19.2 Å². The van der Waals surface area contributed by atoms with E-state index in [2.05, 4.69) is 5.43 Å². The number of carbonyl (C=O) groups is 2. The van der Waals surface area contributed by atoms with Crippen molar-refractivity contribution < 1.29 is 9.59 Å². The molecule has 1 aromatic carbocycles. The molecule has 0 spiro atoms. The van der Waals surface area contributed by atoms with Gasteiger partial charge in [0.1, 0.15) is 0 Å². The van der Waals surface area contributed by atoms with Crippen LogP contribution in [0.4, 0.5) is 0 Å². The maximum absolute atomic E-state index is 12.4. The molecule has 0 aliphatic carbocycles. The molecule has 0 radical (unpaired) electrons. The predicted octanol–water partition coefficient (Wildman–Crippen LogP) is 1.03. The first kappa shape index (κ1) is 15.3. The smallest absolute Gasteiger partial charge is 0.268 e. The highest BCUT2D eigenvalue weighted by Gasteiger charge is 2.19. The molecular weight excluding hydrogens is 242 g/mol.